The minimum Gasteiger partial charge on any atom is -0.389 e. The van der Waals surface area contributed by atoms with E-state index in [9.17, 15) is 5.11 Å². The number of rotatable bonds is 4. The Morgan fingerprint density at radius 2 is 1.89 bits per heavy atom. The Morgan fingerprint density at radius 3 is 2.44 bits per heavy atom. The first-order chi connectivity index (χ1) is 8.59. The van der Waals surface area contributed by atoms with Crippen LogP contribution < -0.4 is 5.32 Å². The van der Waals surface area contributed by atoms with Gasteiger partial charge in [-0.1, -0.05) is 25.7 Å². The molecule has 1 saturated carbocycles. The molecule has 1 aliphatic rings. The van der Waals surface area contributed by atoms with Gasteiger partial charge >= 0.3 is 0 Å². The lowest BCUT2D eigenvalue weighted by molar-refractivity contribution is 0.0250. The van der Waals surface area contributed by atoms with E-state index in [1.54, 1.807) is 11.3 Å². The molecule has 1 aliphatic carbocycles. The number of nitrogens with one attached hydrogen (secondary N) is 1. The molecule has 0 amide bonds. The fourth-order valence-electron chi connectivity index (χ4n) is 2.58. The van der Waals surface area contributed by atoms with Gasteiger partial charge in [-0.3, -0.25) is 0 Å². The van der Waals surface area contributed by atoms with Crippen LogP contribution in [0.25, 0.3) is 0 Å². The van der Waals surface area contributed by atoms with Gasteiger partial charge in [-0.25, -0.2) is 4.98 Å². The van der Waals surface area contributed by atoms with E-state index in [-0.39, 0.29) is 0 Å². The molecule has 2 rings (SSSR count). The van der Waals surface area contributed by atoms with Gasteiger partial charge in [0.25, 0.3) is 0 Å². The molecule has 18 heavy (non-hydrogen) atoms. The molecule has 102 valence electrons. The molecule has 2 N–H and O–H groups in total. The Hall–Kier alpha value is -0.450. The summed E-state index contributed by atoms with van der Waals surface area (Å²) >= 11 is 1.75. The summed E-state index contributed by atoms with van der Waals surface area (Å²) in [6, 6.07) is 0. The predicted octanol–water partition coefficient (Wildman–Crippen LogP) is 2.93. The van der Waals surface area contributed by atoms with Gasteiger partial charge in [0.2, 0.25) is 0 Å². The van der Waals surface area contributed by atoms with Crippen molar-refractivity contribution in [2.75, 3.05) is 6.54 Å². The van der Waals surface area contributed by atoms with Crippen LogP contribution in [0.1, 0.15) is 54.1 Å². The summed E-state index contributed by atoms with van der Waals surface area (Å²) in [7, 11) is 0. The normalized spacial score (nSPS) is 19.7. The highest BCUT2D eigenvalue weighted by atomic mass is 32.1. The summed E-state index contributed by atoms with van der Waals surface area (Å²) in [6.07, 6.45) is 6.74. The van der Waals surface area contributed by atoms with Crippen molar-refractivity contribution in [3.8, 4) is 0 Å². The number of nitrogens with zero attached hydrogens (tertiary/aromatic N) is 1. The van der Waals surface area contributed by atoms with Gasteiger partial charge in [-0.05, 0) is 26.7 Å². The SMILES string of the molecule is Cc1nc(CNCC2(O)CCCCCC2)sc1C. The molecule has 0 aromatic carbocycles. The molecule has 0 bridgehead atoms. The highest BCUT2D eigenvalue weighted by Crippen LogP contribution is 2.26. The predicted molar refractivity (Wildman–Crippen MR) is 75.9 cm³/mol. The van der Waals surface area contributed by atoms with Crippen molar-refractivity contribution >= 4 is 11.3 Å². The first-order valence-corrected chi connectivity index (χ1v) is 7.77. The van der Waals surface area contributed by atoms with E-state index in [2.05, 4.69) is 17.2 Å². The largest absolute Gasteiger partial charge is 0.389 e. The topological polar surface area (TPSA) is 45.2 Å². The van der Waals surface area contributed by atoms with E-state index >= 15 is 0 Å². The zero-order valence-corrected chi connectivity index (χ0v) is 12.3. The molecule has 1 aromatic rings. The Labute approximate surface area is 114 Å². The molecule has 0 unspecified atom stereocenters. The summed E-state index contributed by atoms with van der Waals surface area (Å²) in [6.45, 7) is 5.63. The third-order valence-corrected chi connectivity index (χ3v) is 4.91. The van der Waals surface area contributed by atoms with E-state index in [1.165, 1.54) is 17.7 Å². The number of hydrogen-bond donors (Lipinski definition) is 2. The number of aliphatic hydroxyl groups is 1. The van der Waals surface area contributed by atoms with Crippen molar-refractivity contribution in [2.45, 2.75) is 64.5 Å². The Bertz CT molecular complexity index is 362. The monoisotopic (exact) mass is 268 g/mol. The van der Waals surface area contributed by atoms with Crippen molar-refractivity contribution in [3.05, 3.63) is 15.6 Å². The van der Waals surface area contributed by atoms with E-state index in [4.69, 9.17) is 0 Å². The number of hydrogen-bond acceptors (Lipinski definition) is 4. The molecule has 1 heterocycles. The molecular weight excluding hydrogens is 244 g/mol. The maximum absolute atomic E-state index is 10.5. The van der Waals surface area contributed by atoms with Crippen LogP contribution >= 0.6 is 11.3 Å². The van der Waals surface area contributed by atoms with Gasteiger partial charge < -0.3 is 10.4 Å². The number of aryl methyl sites for hydroxylation is 2. The van der Waals surface area contributed by atoms with E-state index in [1.807, 2.05) is 6.92 Å². The summed E-state index contributed by atoms with van der Waals surface area (Å²) in [5.41, 5.74) is 0.641. The molecule has 3 nitrogen and oxygen atoms in total. The van der Waals surface area contributed by atoms with Crippen molar-refractivity contribution in [1.82, 2.24) is 10.3 Å². The zero-order valence-electron chi connectivity index (χ0n) is 11.5. The van der Waals surface area contributed by atoms with E-state index < -0.39 is 5.60 Å². The van der Waals surface area contributed by atoms with Gasteiger partial charge in [0, 0.05) is 18.0 Å². The average molecular weight is 268 g/mol. The quantitative estimate of drug-likeness (QED) is 0.825. The number of aromatic nitrogens is 1. The summed E-state index contributed by atoms with van der Waals surface area (Å²) < 4.78 is 0. The van der Waals surface area contributed by atoms with E-state index in [0.717, 1.165) is 42.9 Å². The lowest BCUT2D eigenvalue weighted by Crippen LogP contribution is -2.39. The van der Waals surface area contributed by atoms with Crippen LogP contribution in [-0.2, 0) is 6.54 Å². The standard InChI is InChI=1S/C14H24N2OS/c1-11-12(2)18-13(16-11)9-15-10-14(17)7-5-3-4-6-8-14/h15,17H,3-10H2,1-2H3. The Morgan fingerprint density at radius 1 is 1.22 bits per heavy atom. The van der Waals surface area contributed by atoms with Crippen LogP contribution in [0.2, 0.25) is 0 Å². The molecule has 0 atom stereocenters. The lowest BCUT2D eigenvalue weighted by atomic mass is 9.94. The van der Waals surface area contributed by atoms with Gasteiger partial charge in [-0.2, -0.15) is 0 Å². The summed E-state index contributed by atoms with van der Waals surface area (Å²) in [4.78, 5) is 5.80. The van der Waals surface area contributed by atoms with Crippen molar-refractivity contribution < 1.29 is 5.11 Å². The van der Waals surface area contributed by atoms with Crippen LogP contribution in [0.3, 0.4) is 0 Å². The van der Waals surface area contributed by atoms with Crippen LogP contribution in [0, 0.1) is 13.8 Å². The van der Waals surface area contributed by atoms with Gasteiger partial charge in [-0.15, -0.1) is 11.3 Å². The lowest BCUT2D eigenvalue weighted by Gasteiger charge is -2.26. The van der Waals surface area contributed by atoms with Crippen LogP contribution in [0.15, 0.2) is 0 Å². The van der Waals surface area contributed by atoms with Gasteiger partial charge in [0.05, 0.1) is 11.3 Å². The maximum Gasteiger partial charge on any atom is 0.107 e. The fourth-order valence-corrected chi connectivity index (χ4v) is 3.48. The number of thiazole rings is 1. The van der Waals surface area contributed by atoms with Crippen LogP contribution in [0.5, 0.6) is 0 Å². The highest BCUT2D eigenvalue weighted by molar-refractivity contribution is 7.11. The first-order valence-electron chi connectivity index (χ1n) is 6.95. The molecule has 1 fully saturated rings. The maximum atomic E-state index is 10.5. The molecule has 0 spiro atoms. The third kappa shape index (κ3) is 3.77. The van der Waals surface area contributed by atoms with Crippen molar-refractivity contribution in [3.63, 3.8) is 0 Å². The second kappa shape index (κ2) is 6.13. The zero-order chi connectivity index (χ0) is 13.0. The summed E-state index contributed by atoms with van der Waals surface area (Å²) in [5.74, 6) is 0. The average Bonchev–Trinajstić information content (AvgIpc) is 2.52. The van der Waals surface area contributed by atoms with E-state index in [0.29, 0.717) is 6.54 Å². The molecule has 0 radical (unpaired) electrons. The van der Waals surface area contributed by atoms with Gasteiger partial charge in [0.15, 0.2) is 0 Å². The molecule has 4 heteroatoms. The van der Waals surface area contributed by atoms with Crippen LogP contribution in [0.4, 0.5) is 0 Å². The smallest absolute Gasteiger partial charge is 0.107 e. The summed E-state index contributed by atoms with van der Waals surface area (Å²) in [5, 5.41) is 15.0. The van der Waals surface area contributed by atoms with Crippen molar-refractivity contribution in [2.24, 2.45) is 0 Å². The first kappa shape index (κ1) is 14.0. The molecular formula is C14H24N2OS. The third-order valence-electron chi connectivity index (χ3n) is 3.84. The highest BCUT2D eigenvalue weighted by Gasteiger charge is 2.27. The minimum atomic E-state index is -0.488. The minimum absolute atomic E-state index is 0.488. The second-order valence-corrected chi connectivity index (χ2v) is 6.78. The Kier molecular flexibility index (Phi) is 4.76. The molecule has 1 aromatic heterocycles. The fraction of sp³-hybridized carbons (Fsp3) is 0.786. The molecule has 0 aliphatic heterocycles. The Balaban J connectivity index is 1.80. The van der Waals surface area contributed by atoms with Crippen molar-refractivity contribution in [1.29, 1.82) is 0 Å². The van der Waals surface area contributed by atoms with Crippen LogP contribution in [-0.4, -0.2) is 22.2 Å². The molecule has 0 saturated heterocycles. The van der Waals surface area contributed by atoms with Gasteiger partial charge in [0.1, 0.15) is 5.01 Å². The second-order valence-electron chi connectivity index (χ2n) is 5.49.